The van der Waals surface area contributed by atoms with Crippen LogP contribution in [0.25, 0.3) is 22.4 Å². The molecule has 1 aliphatic rings. The van der Waals surface area contributed by atoms with Gasteiger partial charge in [-0.25, -0.2) is 34.7 Å². The summed E-state index contributed by atoms with van der Waals surface area (Å²) in [7, 11) is 1.51. The highest BCUT2D eigenvalue weighted by Gasteiger charge is 2.32. The third-order valence-corrected chi connectivity index (χ3v) is 7.89. The molecular formula is C32H32N12O2. The quantitative estimate of drug-likeness (QED) is 0.213. The number of benzene rings is 1. The molecule has 6 rings (SSSR count). The van der Waals surface area contributed by atoms with Gasteiger partial charge in [0, 0.05) is 65.8 Å². The standard InChI is InChI=1S/C32H32N12O2/c1-20-27(19-40-43-20)28-22(12-33)14-34-29(42-28)41-25-8-10-26(11-9-25)44(32(45)39-13-21-6-4-3-5-7-21)30-35-15-23(16-36-30)24-17-37-31(46-2)38-18-24/h3-7,14-19,25-26H,8-11,13H2,1-2H3,(H,39,45)(H,40,43)(H,34,41,42). The summed E-state index contributed by atoms with van der Waals surface area (Å²) in [6.45, 7) is 2.26. The zero-order chi connectivity index (χ0) is 31.9. The minimum atomic E-state index is -0.267. The fraction of sp³-hybridized carbons (Fsp3) is 0.281. The van der Waals surface area contributed by atoms with Crippen molar-refractivity contribution in [3.63, 3.8) is 0 Å². The van der Waals surface area contributed by atoms with E-state index in [-0.39, 0.29) is 24.1 Å². The van der Waals surface area contributed by atoms with Crippen LogP contribution in [0, 0.1) is 18.3 Å². The third kappa shape index (κ3) is 6.73. The lowest BCUT2D eigenvalue weighted by atomic mass is 9.90. The summed E-state index contributed by atoms with van der Waals surface area (Å²) in [6.07, 6.45) is 12.7. The number of nitrogens with one attached hydrogen (secondary N) is 3. The number of nitriles is 1. The van der Waals surface area contributed by atoms with Crippen LogP contribution in [-0.4, -0.2) is 65.3 Å². The van der Waals surface area contributed by atoms with Crippen LogP contribution in [-0.2, 0) is 6.54 Å². The van der Waals surface area contributed by atoms with Gasteiger partial charge in [-0.2, -0.15) is 10.4 Å². The zero-order valence-corrected chi connectivity index (χ0v) is 25.4. The SMILES string of the molecule is COc1ncc(-c2cnc(N(C(=O)NCc3ccccc3)C3CCC(Nc4ncc(C#N)c(-c5cn[nH]c5C)n4)CC3)nc2)cn1. The van der Waals surface area contributed by atoms with E-state index in [9.17, 15) is 10.1 Å². The van der Waals surface area contributed by atoms with Crippen LogP contribution in [0.3, 0.4) is 0 Å². The lowest BCUT2D eigenvalue weighted by Gasteiger charge is -2.35. The van der Waals surface area contributed by atoms with Gasteiger partial charge in [-0.05, 0) is 38.2 Å². The summed E-state index contributed by atoms with van der Waals surface area (Å²) in [5.41, 5.74) is 4.93. The molecule has 46 heavy (non-hydrogen) atoms. The van der Waals surface area contributed by atoms with Crippen molar-refractivity contribution in [1.29, 1.82) is 5.26 Å². The molecule has 0 unspecified atom stereocenters. The number of aromatic amines is 1. The Morgan fingerprint density at radius 2 is 1.67 bits per heavy atom. The monoisotopic (exact) mass is 616 g/mol. The molecule has 1 aromatic carbocycles. The minimum Gasteiger partial charge on any atom is -0.467 e. The van der Waals surface area contributed by atoms with Crippen molar-refractivity contribution in [2.75, 3.05) is 17.3 Å². The Kier molecular flexibility index (Phi) is 9.00. The van der Waals surface area contributed by atoms with E-state index in [0.29, 0.717) is 42.5 Å². The van der Waals surface area contributed by atoms with Crippen molar-refractivity contribution in [3.8, 4) is 34.5 Å². The van der Waals surface area contributed by atoms with E-state index in [1.807, 2.05) is 37.3 Å². The first-order valence-electron chi connectivity index (χ1n) is 14.9. The molecule has 0 aliphatic heterocycles. The molecule has 0 atom stereocenters. The second kappa shape index (κ2) is 13.8. The van der Waals surface area contributed by atoms with Crippen LogP contribution in [0.5, 0.6) is 6.01 Å². The molecule has 5 aromatic rings. The number of hydrogen-bond donors (Lipinski definition) is 3. The van der Waals surface area contributed by atoms with Gasteiger partial charge in [0.2, 0.25) is 11.9 Å². The van der Waals surface area contributed by atoms with E-state index in [1.165, 1.54) is 13.3 Å². The number of H-pyrrole nitrogens is 1. The summed E-state index contributed by atoms with van der Waals surface area (Å²) < 4.78 is 5.05. The topological polar surface area (TPSA) is 183 Å². The smallest absolute Gasteiger partial charge is 0.324 e. The van der Waals surface area contributed by atoms with Gasteiger partial charge in [0.25, 0.3) is 0 Å². The summed E-state index contributed by atoms with van der Waals surface area (Å²) in [6, 6.07) is 11.9. The molecule has 0 radical (unpaired) electrons. The van der Waals surface area contributed by atoms with E-state index in [4.69, 9.17) is 4.74 Å². The molecule has 0 bridgehead atoms. The molecule has 3 N–H and O–H groups in total. The minimum absolute atomic E-state index is 0.0788. The average Bonchev–Trinajstić information content (AvgIpc) is 3.54. The summed E-state index contributed by atoms with van der Waals surface area (Å²) in [4.78, 5) is 41.9. The third-order valence-electron chi connectivity index (χ3n) is 7.89. The zero-order valence-electron chi connectivity index (χ0n) is 25.4. The first-order valence-corrected chi connectivity index (χ1v) is 14.9. The summed E-state index contributed by atoms with van der Waals surface area (Å²) >= 11 is 0. The normalized spacial score (nSPS) is 15.8. The maximum absolute atomic E-state index is 13.7. The number of carbonyl (C=O) groups excluding carboxylic acids is 1. The highest BCUT2D eigenvalue weighted by Crippen LogP contribution is 2.29. The van der Waals surface area contributed by atoms with Crippen LogP contribution in [0.4, 0.5) is 16.7 Å². The first-order chi connectivity index (χ1) is 22.5. The molecule has 2 amide bonds. The van der Waals surface area contributed by atoms with Gasteiger partial charge in [-0.15, -0.1) is 0 Å². The largest absolute Gasteiger partial charge is 0.467 e. The van der Waals surface area contributed by atoms with Gasteiger partial charge in [0.15, 0.2) is 0 Å². The van der Waals surface area contributed by atoms with E-state index >= 15 is 0 Å². The van der Waals surface area contributed by atoms with Gasteiger partial charge >= 0.3 is 12.0 Å². The number of aryl methyl sites for hydroxylation is 1. The summed E-state index contributed by atoms with van der Waals surface area (Å²) in [5.74, 6) is 0.757. The highest BCUT2D eigenvalue weighted by atomic mass is 16.5. The molecule has 0 spiro atoms. The van der Waals surface area contributed by atoms with Crippen molar-refractivity contribution < 1.29 is 9.53 Å². The molecule has 1 aliphatic carbocycles. The molecule has 4 heterocycles. The summed E-state index contributed by atoms with van der Waals surface area (Å²) in [5, 5.41) is 23.0. The highest BCUT2D eigenvalue weighted by molar-refractivity contribution is 5.90. The van der Waals surface area contributed by atoms with Crippen LogP contribution in [0.15, 0.2) is 67.5 Å². The number of anilines is 2. The second-order valence-electron chi connectivity index (χ2n) is 10.9. The predicted octanol–water partition coefficient (Wildman–Crippen LogP) is 4.44. The fourth-order valence-electron chi connectivity index (χ4n) is 5.43. The maximum Gasteiger partial charge on any atom is 0.324 e. The van der Waals surface area contributed by atoms with Gasteiger partial charge in [0.1, 0.15) is 6.07 Å². The van der Waals surface area contributed by atoms with Gasteiger partial charge in [-0.3, -0.25) is 10.00 Å². The van der Waals surface area contributed by atoms with Crippen LogP contribution in [0.1, 0.15) is 42.5 Å². The number of methoxy groups -OCH3 is 1. The Morgan fingerprint density at radius 3 is 2.30 bits per heavy atom. The Morgan fingerprint density at radius 1 is 0.978 bits per heavy atom. The van der Waals surface area contributed by atoms with Crippen molar-refractivity contribution in [1.82, 2.24) is 45.4 Å². The number of hydrogen-bond acceptors (Lipinski definition) is 11. The molecule has 1 fully saturated rings. The van der Waals surface area contributed by atoms with E-state index in [1.54, 1.807) is 35.9 Å². The van der Waals surface area contributed by atoms with Crippen molar-refractivity contribution in [3.05, 3.63) is 84.3 Å². The van der Waals surface area contributed by atoms with Gasteiger partial charge in [0.05, 0.1) is 30.8 Å². The fourth-order valence-corrected chi connectivity index (χ4v) is 5.43. The maximum atomic E-state index is 13.7. The number of aromatic nitrogens is 8. The van der Waals surface area contributed by atoms with Crippen molar-refractivity contribution in [2.45, 2.75) is 51.2 Å². The Balaban J connectivity index is 1.17. The first kappa shape index (κ1) is 30.1. The molecule has 14 nitrogen and oxygen atoms in total. The molecule has 1 saturated carbocycles. The Hall–Kier alpha value is -5.97. The van der Waals surface area contributed by atoms with Crippen LogP contribution in [0.2, 0.25) is 0 Å². The second-order valence-corrected chi connectivity index (χ2v) is 10.9. The molecule has 4 aromatic heterocycles. The molecular weight excluding hydrogens is 584 g/mol. The number of rotatable bonds is 9. The number of nitrogens with zero attached hydrogens (tertiary/aromatic N) is 9. The van der Waals surface area contributed by atoms with E-state index in [0.717, 1.165) is 40.8 Å². The number of carbonyl (C=O) groups is 1. The lowest BCUT2D eigenvalue weighted by Crippen LogP contribution is -2.49. The lowest BCUT2D eigenvalue weighted by molar-refractivity contribution is 0.240. The average molecular weight is 617 g/mol. The number of urea groups is 1. The molecule has 0 saturated heterocycles. The Bertz CT molecular complexity index is 1810. The molecule has 232 valence electrons. The van der Waals surface area contributed by atoms with Gasteiger partial charge in [-0.1, -0.05) is 30.3 Å². The van der Waals surface area contributed by atoms with E-state index in [2.05, 4.69) is 56.8 Å². The van der Waals surface area contributed by atoms with Crippen LogP contribution >= 0.6 is 0 Å². The van der Waals surface area contributed by atoms with Crippen molar-refractivity contribution in [2.24, 2.45) is 0 Å². The van der Waals surface area contributed by atoms with E-state index < -0.39 is 0 Å². The van der Waals surface area contributed by atoms with Gasteiger partial charge < -0.3 is 15.4 Å². The number of ether oxygens (including phenoxy) is 1. The Labute approximate surface area is 265 Å². The molecule has 14 heteroatoms. The predicted molar refractivity (Wildman–Crippen MR) is 169 cm³/mol. The number of amides is 2. The van der Waals surface area contributed by atoms with Crippen LogP contribution < -0.4 is 20.3 Å². The van der Waals surface area contributed by atoms with Crippen molar-refractivity contribution >= 4 is 17.9 Å².